The van der Waals surface area contributed by atoms with E-state index >= 15 is 0 Å². The lowest BCUT2D eigenvalue weighted by atomic mass is 9.83. The minimum Gasteiger partial charge on any atom is -0.390 e. The highest BCUT2D eigenvalue weighted by atomic mass is 28.3. The molecule has 1 saturated carbocycles. The van der Waals surface area contributed by atoms with Gasteiger partial charge in [0, 0.05) is 14.5 Å². The van der Waals surface area contributed by atoms with Crippen LogP contribution in [0.5, 0.6) is 0 Å². The minimum absolute atomic E-state index is 0.139. The maximum atomic E-state index is 10.6. The Balaban J connectivity index is 1.98. The fraction of sp³-hybridized carbons (Fsp3) is 1.00. The van der Waals surface area contributed by atoms with Crippen molar-refractivity contribution in [1.29, 1.82) is 0 Å². The van der Waals surface area contributed by atoms with Gasteiger partial charge in [-0.05, 0) is 18.9 Å². The van der Waals surface area contributed by atoms with Crippen molar-refractivity contribution in [2.24, 2.45) is 0 Å². The molecule has 1 heterocycles. The Kier molecular flexibility index (Phi) is 2.96. The van der Waals surface area contributed by atoms with Crippen LogP contribution in [0, 0.1) is 0 Å². The molecule has 1 N–H and O–H groups in total. The average Bonchev–Trinajstić information content (AvgIpc) is 2.46. The van der Waals surface area contributed by atoms with Crippen molar-refractivity contribution >= 4 is 8.07 Å². The number of hydrogen-bond acceptors (Lipinski definition) is 3. The molecular formula is C11H22O3Si. The Labute approximate surface area is 92.8 Å². The smallest absolute Gasteiger partial charge is 0.147 e. The molecule has 3 atom stereocenters. The molecule has 15 heavy (non-hydrogen) atoms. The van der Waals surface area contributed by atoms with Crippen LogP contribution in [0.2, 0.25) is 25.7 Å². The Hall–Kier alpha value is 0.0969. The van der Waals surface area contributed by atoms with Crippen LogP contribution in [0.1, 0.15) is 19.3 Å². The van der Waals surface area contributed by atoms with E-state index in [9.17, 15) is 5.11 Å². The standard InChI is InChI=1S/C11H22O3Si/c1-15(2,3)7-11(12)5-4-9-10(6-11)14-8-13-9/h9-10,12H,4-8H2,1-3H3. The Morgan fingerprint density at radius 2 is 1.93 bits per heavy atom. The molecule has 3 nitrogen and oxygen atoms in total. The van der Waals surface area contributed by atoms with Gasteiger partial charge < -0.3 is 14.6 Å². The van der Waals surface area contributed by atoms with Crippen molar-refractivity contribution in [3.05, 3.63) is 0 Å². The van der Waals surface area contributed by atoms with Crippen LogP contribution in [0.3, 0.4) is 0 Å². The molecule has 4 heteroatoms. The zero-order valence-electron chi connectivity index (χ0n) is 9.95. The topological polar surface area (TPSA) is 38.7 Å². The summed E-state index contributed by atoms with van der Waals surface area (Å²) in [5.41, 5.74) is -0.487. The quantitative estimate of drug-likeness (QED) is 0.737. The molecule has 0 aromatic carbocycles. The van der Waals surface area contributed by atoms with Gasteiger partial charge in [-0.3, -0.25) is 0 Å². The van der Waals surface area contributed by atoms with Crippen molar-refractivity contribution in [1.82, 2.24) is 0 Å². The van der Waals surface area contributed by atoms with Crippen molar-refractivity contribution < 1.29 is 14.6 Å². The summed E-state index contributed by atoms with van der Waals surface area (Å²) in [5, 5.41) is 10.6. The van der Waals surface area contributed by atoms with E-state index in [-0.39, 0.29) is 12.2 Å². The molecule has 2 rings (SSSR count). The number of fused-ring (bicyclic) bond motifs is 1. The van der Waals surface area contributed by atoms with E-state index in [1.54, 1.807) is 0 Å². The Morgan fingerprint density at radius 3 is 2.60 bits per heavy atom. The van der Waals surface area contributed by atoms with E-state index in [0.717, 1.165) is 25.3 Å². The van der Waals surface area contributed by atoms with E-state index in [0.29, 0.717) is 6.79 Å². The zero-order valence-corrected chi connectivity index (χ0v) is 11.0. The van der Waals surface area contributed by atoms with Gasteiger partial charge in [-0.15, -0.1) is 0 Å². The largest absolute Gasteiger partial charge is 0.390 e. The van der Waals surface area contributed by atoms with Crippen molar-refractivity contribution in [3.8, 4) is 0 Å². The second-order valence-corrected chi connectivity index (χ2v) is 11.7. The van der Waals surface area contributed by atoms with Crippen LogP contribution in [0.4, 0.5) is 0 Å². The van der Waals surface area contributed by atoms with Gasteiger partial charge in [-0.25, -0.2) is 0 Å². The van der Waals surface area contributed by atoms with Crippen LogP contribution in [-0.2, 0) is 9.47 Å². The SMILES string of the molecule is C[Si](C)(C)CC1(O)CCC2OCOC2C1. The molecule has 0 spiro atoms. The van der Waals surface area contributed by atoms with Crippen molar-refractivity contribution in [2.45, 2.75) is 62.8 Å². The molecule has 2 fully saturated rings. The minimum atomic E-state index is -1.21. The summed E-state index contributed by atoms with van der Waals surface area (Å²) in [6.07, 6.45) is 2.97. The summed E-state index contributed by atoms with van der Waals surface area (Å²) in [6.45, 7) is 7.34. The van der Waals surface area contributed by atoms with Crippen LogP contribution >= 0.6 is 0 Å². The van der Waals surface area contributed by atoms with Crippen LogP contribution in [0.25, 0.3) is 0 Å². The van der Waals surface area contributed by atoms with Gasteiger partial charge >= 0.3 is 0 Å². The molecular weight excluding hydrogens is 208 g/mol. The third-order valence-electron chi connectivity index (χ3n) is 3.31. The van der Waals surface area contributed by atoms with Gasteiger partial charge in [-0.1, -0.05) is 19.6 Å². The predicted octanol–water partition coefficient (Wildman–Crippen LogP) is 1.98. The van der Waals surface area contributed by atoms with Crippen LogP contribution < -0.4 is 0 Å². The van der Waals surface area contributed by atoms with E-state index in [1.807, 2.05) is 0 Å². The molecule has 0 aromatic rings. The number of hydrogen-bond donors (Lipinski definition) is 1. The molecule has 3 unspecified atom stereocenters. The summed E-state index contributed by atoms with van der Waals surface area (Å²) in [7, 11) is -1.21. The molecule has 1 saturated heterocycles. The van der Waals surface area contributed by atoms with E-state index in [2.05, 4.69) is 19.6 Å². The number of aliphatic hydroxyl groups is 1. The predicted molar refractivity (Wildman–Crippen MR) is 61.6 cm³/mol. The normalized spacial score (nSPS) is 41.6. The van der Waals surface area contributed by atoms with E-state index in [4.69, 9.17) is 9.47 Å². The lowest BCUT2D eigenvalue weighted by Crippen LogP contribution is -2.47. The fourth-order valence-electron chi connectivity index (χ4n) is 2.92. The zero-order chi connectivity index (χ0) is 11.1. The molecule has 1 aliphatic heterocycles. The highest BCUT2D eigenvalue weighted by Gasteiger charge is 2.44. The van der Waals surface area contributed by atoms with Crippen molar-refractivity contribution in [3.63, 3.8) is 0 Å². The molecule has 0 radical (unpaired) electrons. The first-order valence-corrected chi connectivity index (χ1v) is 9.54. The van der Waals surface area contributed by atoms with Crippen molar-refractivity contribution in [2.75, 3.05) is 6.79 Å². The van der Waals surface area contributed by atoms with Gasteiger partial charge in [0.2, 0.25) is 0 Å². The molecule has 2 aliphatic rings. The average molecular weight is 230 g/mol. The van der Waals surface area contributed by atoms with E-state index < -0.39 is 13.7 Å². The molecule has 88 valence electrons. The second-order valence-electron chi connectivity index (χ2n) is 6.23. The lowest BCUT2D eigenvalue weighted by Gasteiger charge is -2.40. The van der Waals surface area contributed by atoms with E-state index in [1.165, 1.54) is 0 Å². The Bertz CT molecular complexity index is 238. The van der Waals surface area contributed by atoms with Crippen LogP contribution in [0.15, 0.2) is 0 Å². The monoisotopic (exact) mass is 230 g/mol. The second kappa shape index (κ2) is 3.84. The highest BCUT2D eigenvalue weighted by molar-refractivity contribution is 6.76. The molecule has 0 amide bonds. The van der Waals surface area contributed by atoms with Crippen LogP contribution in [-0.4, -0.2) is 37.8 Å². The number of ether oxygens (including phenoxy) is 2. The first-order chi connectivity index (χ1) is 6.88. The van der Waals surface area contributed by atoms with Gasteiger partial charge in [0.05, 0.1) is 17.8 Å². The van der Waals surface area contributed by atoms with Gasteiger partial charge in [0.15, 0.2) is 0 Å². The highest BCUT2D eigenvalue weighted by Crippen LogP contribution is 2.39. The van der Waals surface area contributed by atoms with Gasteiger partial charge in [0.1, 0.15) is 6.79 Å². The Morgan fingerprint density at radius 1 is 1.27 bits per heavy atom. The first kappa shape index (κ1) is 11.6. The summed E-state index contributed by atoms with van der Waals surface area (Å²) in [4.78, 5) is 0. The maximum Gasteiger partial charge on any atom is 0.147 e. The molecule has 1 aliphatic carbocycles. The summed E-state index contributed by atoms with van der Waals surface area (Å²) in [5.74, 6) is 0. The third-order valence-corrected chi connectivity index (χ3v) is 5.03. The molecule has 0 bridgehead atoms. The number of rotatable bonds is 2. The summed E-state index contributed by atoms with van der Waals surface area (Å²) >= 11 is 0. The third kappa shape index (κ3) is 2.81. The fourth-order valence-corrected chi connectivity index (χ4v) is 5.22. The maximum absolute atomic E-state index is 10.6. The first-order valence-electron chi connectivity index (χ1n) is 5.84. The van der Waals surface area contributed by atoms with Gasteiger partial charge in [-0.2, -0.15) is 0 Å². The summed E-state index contributed by atoms with van der Waals surface area (Å²) < 4.78 is 11.0. The van der Waals surface area contributed by atoms with Gasteiger partial charge in [0.25, 0.3) is 0 Å². The molecule has 0 aromatic heterocycles. The lowest BCUT2D eigenvalue weighted by molar-refractivity contribution is -0.0433. The summed E-state index contributed by atoms with van der Waals surface area (Å²) in [6, 6.07) is 0.979.